The lowest BCUT2D eigenvalue weighted by molar-refractivity contribution is 0.470. The summed E-state index contributed by atoms with van der Waals surface area (Å²) in [4.78, 5) is 0. The van der Waals surface area contributed by atoms with E-state index in [2.05, 4.69) is 119 Å². The molecule has 0 fully saturated rings. The Kier molecular flexibility index (Phi) is 16.7. The fourth-order valence-corrected chi connectivity index (χ4v) is 18.5. The van der Waals surface area contributed by atoms with Crippen molar-refractivity contribution in [2.24, 2.45) is 9.03 Å². The van der Waals surface area contributed by atoms with Crippen molar-refractivity contribution >= 4 is 30.7 Å². The monoisotopic (exact) mass is 579 g/mol. The molecule has 0 aliphatic heterocycles. The summed E-state index contributed by atoms with van der Waals surface area (Å²) in [5.74, 6) is 0. The van der Waals surface area contributed by atoms with Crippen LogP contribution in [0.15, 0.2) is 9.03 Å². The Morgan fingerprint density at radius 1 is 0.400 bits per heavy atom. The Balaban J connectivity index is 0. The van der Waals surface area contributed by atoms with Gasteiger partial charge in [0.2, 0.25) is 23.2 Å². The van der Waals surface area contributed by atoms with Crippen molar-refractivity contribution in [1.82, 2.24) is 42.0 Å². The highest BCUT2D eigenvalue weighted by Crippen LogP contribution is 2.66. The molecule has 0 heterocycles. The van der Waals surface area contributed by atoms with Crippen LogP contribution in [0.1, 0.15) is 0 Å². The summed E-state index contributed by atoms with van der Waals surface area (Å²) in [5, 5.41) is 8.17. The molecule has 0 spiro atoms. The van der Waals surface area contributed by atoms with Crippen LogP contribution in [-0.2, 0) is 0 Å². The Morgan fingerprint density at radius 3 is 0.657 bits per heavy atom. The third-order valence-corrected chi connectivity index (χ3v) is 19.7. The molecule has 0 rings (SSSR count). The molecule has 0 aromatic heterocycles. The van der Waals surface area contributed by atoms with Crippen LogP contribution in [0.25, 0.3) is 0 Å². The number of rotatable bonds is 11. The summed E-state index contributed by atoms with van der Waals surface area (Å²) in [5.41, 5.74) is 0. The summed E-state index contributed by atoms with van der Waals surface area (Å²) < 4.78 is 30.0. The summed E-state index contributed by atoms with van der Waals surface area (Å²) in [6.45, 7) is 2.20. The minimum Gasteiger partial charge on any atom is -0.277 e. The highest BCUT2D eigenvalue weighted by molar-refractivity contribution is 7.73. The van der Waals surface area contributed by atoms with Gasteiger partial charge < -0.3 is 0 Å². The van der Waals surface area contributed by atoms with E-state index in [-0.39, 0.29) is 0 Å². The molecule has 12 nitrogen and oxygen atoms in total. The molecule has 214 valence electrons. The van der Waals surface area contributed by atoms with Gasteiger partial charge in [0.15, 0.2) is 7.51 Å². The van der Waals surface area contributed by atoms with Crippen molar-refractivity contribution in [2.45, 2.75) is 0 Å². The smallest absolute Gasteiger partial charge is 0.240 e. The van der Waals surface area contributed by atoms with Gasteiger partial charge in [0, 0.05) is 0 Å². The van der Waals surface area contributed by atoms with Crippen molar-refractivity contribution in [3.63, 3.8) is 0 Å². The van der Waals surface area contributed by atoms with E-state index in [4.69, 9.17) is 14.2 Å². The Labute approximate surface area is 220 Å². The molecule has 0 aliphatic carbocycles. The first-order chi connectivity index (χ1) is 15.6. The summed E-state index contributed by atoms with van der Waals surface area (Å²) >= 11 is 0. The predicted octanol–water partition coefficient (Wildman–Crippen LogP) is 4.12. The van der Waals surface area contributed by atoms with E-state index >= 15 is 0 Å². The lowest BCUT2D eigenvalue weighted by Crippen LogP contribution is -2.31. The Bertz CT molecular complexity index is 646. The van der Waals surface area contributed by atoms with E-state index in [0.717, 1.165) is 0 Å². The fourth-order valence-electron chi connectivity index (χ4n) is 4.16. The van der Waals surface area contributed by atoms with Gasteiger partial charge in [0.05, 0.1) is 6.66 Å². The minimum absolute atomic E-state index is 1.27. The van der Waals surface area contributed by atoms with Crippen molar-refractivity contribution in [2.75, 3.05) is 134 Å². The van der Waals surface area contributed by atoms with Crippen LogP contribution in [-0.4, -0.2) is 176 Å². The normalized spacial score (nSPS) is 14.0. The van der Waals surface area contributed by atoms with Crippen molar-refractivity contribution in [3.05, 3.63) is 0 Å². The zero-order valence-electron chi connectivity index (χ0n) is 26.3. The molecule has 0 unspecified atom stereocenters. The van der Waals surface area contributed by atoms with Gasteiger partial charge >= 0.3 is 0 Å². The number of hydrogen-bond donors (Lipinski definition) is 1. The number of nitrogens with one attached hydrogen (secondary N) is 1. The quantitative estimate of drug-likeness (QED) is 0.364. The Hall–Kier alpha value is 0.760. The lowest BCUT2D eigenvalue weighted by Gasteiger charge is -2.40. The van der Waals surface area contributed by atoms with E-state index in [9.17, 15) is 0 Å². The summed E-state index contributed by atoms with van der Waals surface area (Å²) in [7, 11) is 30.0. The highest BCUT2D eigenvalue weighted by Gasteiger charge is 2.36. The van der Waals surface area contributed by atoms with E-state index < -0.39 is 30.7 Å². The highest BCUT2D eigenvalue weighted by atomic mass is 31.2. The molecule has 0 aliphatic rings. The van der Waals surface area contributed by atoms with Gasteiger partial charge in [0.25, 0.3) is 0 Å². The first-order valence-corrected chi connectivity index (χ1v) is 18.2. The SMILES string of the molecule is CN(C)P(=N)(N(C)C)N(C)C.CN(C)P(=N[PH+](C)N=P(N(C)C)(N(C)C)N(C)C)(N(C)C)N(C)C. The summed E-state index contributed by atoms with van der Waals surface area (Å²) in [6.07, 6.45) is 0. The number of hydrogen-bond acceptors (Lipinski definition) is 3. The second-order valence-electron chi connectivity index (χ2n) is 10.0. The van der Waals surface area contributed by atoms with Gasteiger partial charge in [-0.05, 0) is 127 Å². The van der Waals surface area contributed by atoms with Crippen molar-refractivity contribution in [3.8, 4) is 0 Å². The van der Waals surface area contributed by atoms with Crippen LogP contribution in [0.5, 0.6) is 0 Å². The predicted molar refractivity (Wildman–Crippen MR) is 166 cm³/mol. The maximum atomic E-state index is 8.17. The molecule has 0 amide bonds. The molecular weight excluding hydrogens is 520 g/mol. The molecule has 0 radical (unpaired) electrons. The average molecular weight is 580 g/mol. The van der Waals surface area contributed by atoms with Gasteiger partial charge in [-0.25, -0.2) is 28.0 Å². The largest absolute Gasteiger partial charge is 0.277 e. The van der Waals surface area contributed by atoms with Crippen LogP contribution >= 0.6 is 30.7 Å². The van der Waals surface area contributed by atoms with Crippen LogP contribution in [0.2, 0.25) is 0 Å². The van der Waals surface area contributed by atoms with Crippen LogP contribution in [0, 0.1) is 5.16 Å². The van der Waals surface area contributed by atoms with Crippen molar-refractivity contribution < 1.29 is 0 Å². The molecule has 0 aromatic rings. The molecule has 0 saturated carbocycles. The maximum Gasteiger partial charge on any atom is 0.240 e. The van der Waals surface area contributed by atoms with Crippen LogP contribution < -0.4 is 0 Å². The van der Waals surface area contributed by atoms with Gasteiger partial charge in [-0.2, -0.15) is 0 Å². The molecule has 0 bridgehead atoms. The second kappa shape index (κ2) is 15.4. The standard InChI is InChI=1S/C13H39N8P3.C6H19N4P/c1-16(2)23(17(3)4,18(5)6)14-22(13)15-24(19(7)8,20(9)10)21(11)12;1-8(2)11(7,9(3)4)10(5)6/h1-13H3;7H,1-6H3/p+1. The zero-order chi connectivity index (χ0) is 28.7. The molecule has 16 heteroatoms. The maximum absolute atomic E-state index is 8.17. The summed E-state index contributed by atoms with van der Waals surface area (Å²) in [6, 6.07) is 0. The Morgan fingerprint density at radius 2 is 0.571 bits per heavy atom. The average Bonchev–Trinajstić information content (AvgIpc) is 2.67. The third kappa shape index (κ3) is 8.90. The van der Waals surface area contributed by atoms with Gasteiger partial charge in [0.1, 0.15) is 0 Å². The second-order valence-corrected chi connectivity index (χ2v) is 23.2. The van der Waals surface area contributed by atoms with E-state index in [1.165, 1.54) is 0 Å². The van der Waals surface area contributed by atoms with E-state index in [1.54, 1.807) is 0 Å². The third-order valence-electron chi connectivity index (χ3n) is 5.45. The fraction of sp³-hybridized carbons (Fsp3) is 1.00. The topological polar surface area (TPSA) is 77.7 Å². The molecule has 0 saturated heterocycles. The lowest BCUT2D eigenvalue weighted by atomic mass is 11.2. The van der Waals surface area contributed by atoms with Crippen LogP contribution in [0.4, 0.5) is 0 Å². The van der Waals surface area contributed by atoms with E-state index in [1.807, 2.05) is 56.3 Å². The number of nitrogens with zero attached hydrogens (tertiary/aromatic N) is 11. The molecule has 0 aromatic carbocycles. The van der Waals surface area contributed by atoms with Gasteiger partial charge in [-0.1, -0.05) is 9.03 Å². The van der Waals surface area contributed by atoms with Crippen molar-refractivity contribution in [1.29, 1.82) is 5.16 Å². The molecule has 1 N–H and O–H groups in total. The zero-order valence-corrected chi connectivity index (χ0v) is 29.9. The first kappa shape index (κ1) is 37.9. The molecule has 35 heavy (non-hydrogen) atoms. The van der Waals surface area contributed by atoms with Gasteiger partial charge in [-0.15, -0.1) is 0 Å². The van der Waals surface area contributed by atoms with Gasteiger partial charge in [-0.3, -0.25) is 19.2 Å². The van der Waals surface area contributed by atoms with Crippen LogP contribution in [0.3, 0.4) is 0 Å². The molecular formula is C19H59N12P4+. The van der Waals surface area contributed by atoms with E-state index in [0.29, 0.717) is 0 Å². The minimum atomic E-state index is -1.94. The molecule has 0 atom stereocenters. The first-order valence-electron chi connectivity index (χ1n) is 11.4.